The first-order valence-electron chi connectivity index (χ1n) is 8.68. The van der Waals surface area contributed by atoms with Gasteiger partial charge in [-0.1, -0.05) is 39.0 Å². The number of carbonyl (C=O) groups is 2. The van der Waals surface area contributed by atoms with Crippen LogP contribution in [0.5, 0.6) is 5.75 Å². The zero-order valence-corrected chi connectivity index (χ0v) is 15.8. The molecule has 2 rings (SSSR count). The van der Waals surface area contributed by atoms with Crippen molar-refractivity contribution < 1.29 is 23.5 Å². The molecule has 2 aromatic rings. The van der Waals surface area contributed by atoms with E-state index in [1.807, 2.05) is 24.3 Å². The van der Waals surface area contributed by atoms with Crippen LogP contribution < -0.4 is 10.1 Å². The van der Waals surface area contributed by atoms with Crippen molar-refractivity contribution in [1.29, 1.82) is 0 Å². The highest BCUT2D eigenvalue weighted by Crippen LogP contribution is 2.24. The maximum absolute atomic E-state index is 13.0. The molecule has 0 atom stereocenters. The topological polar surface area (TPSA) is 64.6 Å². The Labute approximate surface area is 158 Å². The zero-order valence-electron chi connectivity index (χ0n) is 15.8. The Kier molecular flexibility index (Phi) is 6.93. The van der Waals surface area contributed by atoms with Gasteiger partial charge in [0.1, 0.15) is 11.6 Å². The highest BCUT2D eigenvalue weighted by atomic mass is 19.1. The molecule has 0 bridgehead atoms. The largest absolute Gasteiger partial charge is 0.493 e. The molecule has 1 N–H and O–H groups in total. The number of anilines is 1. The van der Waals surface area contributed by atoms with Crippen LogP contribution in [0.1, 0.15) is 32.8 Å². The second-order valence-corrected chi connectivity index (χ2v) is 7.09. The van der Waals surface area contributed by atoms with Gasteiger partial charge < -0.3 is 14.8 Å². The van der Waals surface area contributed by atoms with E-state index in [9.17, 15) is 14.0 Å². The first kappa shape index (κ1) is 20.4. The molecule has 0 unspecified atom stereocenters. The molecule has 5 nitrogen and oxygen atoms in total. The van der Waals surface area contributed by atoms with Gasteiger partial charge in [-0.2, -0.15) is 0 Å². The first-order valence-corrected chi connectivity index (χ1v) is 8.68. The van der Waals surface area contributed by atoms with Crippen molar-refractivity contribution in [2.75, 3.05) is 18.5 Å². The van der Waals surface area contributed by atoms with Crippen molar-refractivity contribution in [3.63, 3.8) is 0 Å². The lowest BCUT2D eigenvalue weighted by Gasteiger charge is -2.19. The quantitative estimate of drug-likeness (QED) is 0.743. The molecule has 144 valence electrons. The molecule has 6 heteroatoms. The lowest BCUT2D eigenvalue weighted by Crippen LogP contribution is -2.21. The Hall–Kier alpha value is -2.89. The van der Waals surface area contributed by atoms with Crippen LogP contribution in [-0.2, 0) is 19.7 Å². The predicted molar refractivity (Wildman–Crippen MR) is 101 cm³/mol. The molecular formula is C21H24FNO4. The van der Waals surface area contributed by atoms with Gasteiger partial charge in [0.25, 0.3) is 5.91 Å². The number of carbonyl (C=O) groups excluding carboxylic acids is 2. The first-order chi connectivity index (χ1) is 12.7. The molecule has 0 saturated carbocycles. The molecule has 0 aliphatic rings. The van der Waals surface area contributed by atoms with E-state index >= 15 is 0 Å². The van der Waals surface area contributed by atoms with E-state index in [2.05, 4.69) is 26.1 Å². The zero-order chi connectivity index (χ0) is 19.9. The third-order valence-electron chi connectivity index (χ3n) is 3.77. The summed E-state index contributed by atoms with van der Waals surface area (Å²) in [4.78, 5) is 23.4. The Morgan fingerprint density at radius 2 is 1.78 bits per heavy atom. The van der Waals surface area contributed by atoms with Crippen molar-refractivity contribution >= 4 is 17.6 Å². The number of halogens is 1. The molecule has 0 radical (unpaired) electrons. The standard InChI is InChI=1S/C21H24FNO4/c1-21(2,3)15-7-9-18(10-8-15)26-12-11-20(25)27-14-19(24)23-17-6-4-5-16(22)13-17/h4-10,13H,11-12,14H2,1-3H3,(H,23,24). The van der Waals surface area contributed by atoms with Crippen molar-refractivity contribution in [1.82, 2.24) is 0 Å². The number of esters is 1. The SMILES string of the molecule is CC(C)(C)c1ccc(OCCC(=O)OCC(=O)Nc2cccc(F)c2)cc1. The number of benzene rings is 2. The third kappa shape index (κ3) is 7.09. The molecule has 0 spiro atoms. The van der Waals surface area contributed by atoms with Crippen LogP contribution in [0.4, 0.5) is 10.1 Å². The Morgan fingerprint density at radius 1 is 1.07 bits per heavy atom. The summed E-state index contributed by atoms with van der Waals surface area (Å²) in [6.45, 7) is 6.10. The summed E-state index contributed by atoms with van der Waals surface area (Å²) < 4.78 is 23.4. The maximum atomic E-state index is 13.0. The average Bonchev–Trinajstić information content (AvgIpc) is 2.60. The van der Waals surface area contributed by atoms with Crippen LogP contribution in [0.3, 0.4) is 0 Å². The highest BCUT2D eigenvalue weighted by Gasteiger charge is 2.13. The Balaban J connectivity index is 1.68. The van der Waals surface area contributed by atoms with Gasteiger partial charge in [0.15, 0.2) is 6.61 Å². The minimum absolute atomic E-state index is 0.0221. The van der Waals surface area contributed by atoms with Gasteiger partial charge in [0.05, 0.1) is 13.0 Å². The fraction of sp³-hybridized carbons (Fsp3) is 0.333. The summed E-state index contributed by atoms with van der Waals surface area (Å²) >= 11 is 0. The van der Waals surface area contributed by atoms with Crippen LogP contribution in [0, 0.1) is 5.82 Å². The number of hydrogen-bond acceptors (Lipinski definition) is 4. The van der Waals surface area contributed by atoms with E-state index in [-0.39, 0.29) is 18.4 Å². The molecule has 0 heterocycles. The summed E-state index contributed by atoms with van der Waals surface area (Å²) in [6, 6.07) is 13.2. The van der Waals surface area contributed by atoms with Gasteiger partial charge in [-0.15, -0.1) is 0 Å². The lowest BCUT2D eigenvalue weighted by atomic mass is 9.87. The molecular weight excluding hydrogens is 349 g/mol. The van der Waals surface area contributed by atoms with Gasteiger partial charge in [0, 0.05) is 5.69 Å². The summed E-state index contributed by atoms with van der Waals surface area (Å²) in [5, 5.41) is 2.45. The van der Waals surface area contributed by atoms with E-state index in [1.165, 1.54) is 23.8 Å². The monoisotopic (exact) mass is 373 g/mol. The van der Waals surface area contributed by atoms with Crippen LogP contribution in [-0.4, -0.2) is 25.1 Å². The molecule has 0 saturated heterocycles. The summed E-state index contributed by atoms with van der Waals surface area (Å²) in [6.07, 6.45) is 0.0221. The van der Waals surface area contributed by atoms with E-state index in [0.717, 1.165) is 0 Å². The van der Waals surface area contributed by atoms with Gasteiger partial charge >= 0.3 is 5.97 Å². The van der Waals surface area contributed by atoms with Crippen LogP contribution in [0.15, 0.2) is 48.5 Å². The molecule has 1 amide bonds. The number of ether oxygens (including phenoxy) is 2. The molecule has 0 aromatic heterocycles. The van der Waals surface area contributed by atoms with Crippen molar-refractivity contribution in [3.05, 3.63) is 59.9 Å². The van der Waals surface area contributed by atoms with Gasteiger partial charge in [-0.05, 0) is 41.3 Å². The van der Waals surface area contributed by atoms with Gasteiger partial charge in [-0.25, -0.2) is 4.39 Å². The van der Waals surface area contributed by atoms with Gasteiger partial charge in [0.2, 0.25) is 0 Å². The third-order valence-corrected chi connectivity index (χ3v) is 3.77. The second-order valence-electron chi connectivity index (χ2n) is 7.09. The smallest absolute Gasteiger partial charge is 0.309 e. The van der Waals surface area contributed by atoms with Crippen LogP contribution >= 0.6 is 0 Å². The van der Waals surface area contributed by atoms with Crippen molar-refractivity contribution in [2.45, 2.75) is 32.6 Å². The second kappa shape index (κ2) is 9.16. The van der Waals surface area contributed by atoms with Crippen LogP contribution in [0.2, 0.25) is 0 Å². The fourth-order valence-corrected chi connectivity index (χ4v) is 2.28. The fourth-order valence-electron chi connectivity index (χ4n) is 2.28. The number of nitrogens with one attached hydrogen (secondary N) is 1. The lowest BCUT2D eigenvalue weighted by molar-refractivity contribution is -0.147. The summed E-state index contributed by atoms with van der Waals surface area (Å²) in [5.74, 6) is -0.875. The van der Waals surface area contributed by atoms with E-state index < -0.39 is 24.3 Å². The molecule has 0 fully saturated rings. The number of hydrogen-bond donors (Lipinski definition) is 1. The van der Waals surface area contributed by atoms with Crippen molar-refractivity contribution in [2.24, 2.45) is 0 Å². The molecule has 27 heavy (non-hydrogen) atoms. The van der Waals surface area contributed by atoms with E-state index in [1.54, 1.807) is 6.07 Å². The highest BCUT2D eigenvalue weighted by molar-refractivity contribution is 5.92. The number of rotatable bonds is 7. The summed E-state index contributed by atoms with van der Waals surface area (Å²) in [5.41, 5.74) is 1.56. The molecule has 0 aliphatic carbocycles. The average molecular weight is 373 g/mol. The minimum Gasteiger partial charge on any atom is -0.493 e. The minimum atomic E-state index is -0.546. The maximum Gasteiger partial charge on any atom is 0.309 e. The van der Waals surface area contributed by atoms with E-state index in [4.69, 9.17) is 9.47 Å². The van der Waals surface area contributed by atoms with Crippen LogP contribution in [0.25, 0.3) is 0 Å². The summed E-state index contributed by atoms with van der Waals surface area (Å²) in [7, 11) is 0. The predicted octanol–water partition coefficient (Wildman–Crippen LogP) is 4.07. The van der Waals surface area contributed by atoms with E-state index in [0.29, 0.717) is 11.4 Å². The van der Waals surface area contributed by atoms with Gasteiger partial charge in [-0.3, -0.25) is 9.59 Å². The normalized spacial score (nSPS) is 11.0. The Bertz CT molecular complexity index is 782. The molecule has 2 aromatic carbocycles. The Morgan fingerprint density at radius 3 is 2.41 bits per heavy atom. The number of amides is 1. The molecule has 0 aliphatic heterocycles. The van der Waals surface area contributed by atoms with Crippen molar-refractivity contribution in [3.8, 4) is 5.75 Å².